The van der Waals surface area contributed by atoms with E-state index in [-0.39, 0.29) is 11.5 Å². The van der Waals surface area contributed by atoms with Crippen LogP contribution in [-0.4, -0.2) is 38.7 Å². The lowest BCUT2D eigenvalue weighted by atomic mass is 10.3. The summed E-state index contributed by atoms with van der Waals surface area (Å²) in [5.74, 6) is -0.308. The van der Waals surface area contributed by atoms with Gasteiger partial charge in [-0.05, 0) is 18.9 Å². The number of hydrogen-bond acceptors (Lipinski definition) is 5. The van der Waals surface area contributed by atoms with E-state index in [9.17, 15) is 4.79 Å². The Morgan fingerprint density at radius 3 is 2.50 bits per heavy atom. The molecule has 0 aromatic heterocycles. The van der Waals surface area contributed by atoms with Gasteiger partial charge in [0.05, 0.1) is 4.24 Å². The Balaban J connectivity index is 4.33. The zero-order chi connectivity index (χ0) is 12.4. The first-order chi connectivity index (χ1) is 7.71. The molecule has 0 saturated heterocycles. The van der Waals surface area contributed by atoms with E-state index in [4.69, 9.17) is 10.00 Å². The molecule has 0 heterocycles. The number of thioether (sulfide) groups is 2. The number of carbonyl (C=O) groups excluding carboxylic acids is 1. The molecule has 0 unspecified atom stereocenters. The highest BCUT2D eigenvalue weighted by Gasteiger charge is 2.13. The van der Waals surface area contributed by atoms with Gasteiger partial charge < -0.3 is 10.1 Å². The number of hydrogen-bond donors (Lipinski definition) is 1. The van der Waals surface area contributed by atoms with Gasteiger partial charge in [-0.3, -0.25) is 4.79 Å². The van der Waals surface area contributed by atoms with E-state index in [1.807, 2.05) is 18.6 Å². The van der Waals surface area contributed by atoms with Crippen LogP contribution in [0.2, 0.25) is 0 Å². The number of nitrogens with zero attached hydrogens (tertiary/aromatic N) is 1. The van der Waals surface area contributed by atoms with Crippen LogP contribution >= 0.6 is 23.5 Å². The van der Waals surface area contributed by atoms with Crippen molar-refractivity contribution in [3.05, 3.63) is 9.81 Å². The Labute approximate surface area is 105 Å². The fourth-order valence-corrected chi connectivity index (χ4v) is 2.33. The lowest BCUT2D eigenvalue weighted by Gasteiger charge is -2.06. The van der Waals surface area contributed by atoms with Crippen molar-refractivity contribution in [1.29, 1.82) is 5.26 Å². The molecule has 0 aromatic carbocycles. The predicted molar refractivity (Wildman–Crippen MR) is 69.2 cm³/mol. The summed E-state index contributed by atoms with van der Waals surface area (Å²) in [4.78, 5) is 11.6. The van der Waals surface area contributed by atoms with Crippen LogP contribution in [0.25, 0.3) is 0 Å². The van der Waals surface area contributed by atoms with Gasteiger partial charge in [0.1, 0.15) is 11.6 Å². The minimum atomic E-state index is -0.308. The molecule has 0 aliphatic rings. The van der Waals surface area contributed by atoms with Gasteiger partial charge in [0.2, 0.25) is 0 Å². The van der Waals surface area contributed by atoms with Crippen molar-refractivity contribution in [3.63, 3.8) is 0 Å². The summed E-state index contributed by atoms with van der Waals surface area (Å²) in [5, 5.41) is 11.6. The Bertz CT molecular complexity index is 292. The lowest BCUT2D eigenvalue weighted by molar-refractivity contribution is -0.117. The van der Waals surface area contributed by atoms with Gasteiger partial charge >= 0.3 is 0 Å². The molecular weight excluding hydrogens is 244 g/mol. The van der Waals surface area contributed by atoms with Crippen LogP contribution in [0.1, 0.15) is 6.42 Å². The number of amides is 1. The molecule has 0 aromatic rings. The molecule has 0 radical (unpaired) electrons. The fraction of sp³-hybridized carbons (Fsp3) is 0.600. The molecule has 16 heavy (non-hydrogen) atoms. The SMILES string of the molecule is COCCCNC(=O)C(C#N)=C(SC)SC. The zero-order valence-electron chi connectivity index (χ0n) is 9.70. The van der Waals surface area contributed by atoms with E-state index < -0.39 is 0 Å². The van der Waals surface area contributed by atoms with Gasteiger partial charge in [0, 0.05) is 20.3 Å². The molecule has 0 rings (SSSR count). The van der Waals surface area contributed by atoms with Crippen LogP contribution in [0.15, 0.2) is 9.81 Å². The predicted octanol–water partition coefficient (Wildman–Crippen LogP) is 1.60. The van der Waals surface area contributed by atoms with Crippen molar-refractivity contribution < 1.29 is 9.53 Å². The summed E-state index contributed by atoms with van der Waals surface area (Å²) < 4.78 is 5.61. The Kier molecular flexibility index (Phi) is 9.19. The van der Waals surface area contributed by atoms with Crippen molar-refractivity contribution in [2.24, 2.45) is 0 Å². The molecule has 0 aliphatic heterocycles. The number of nitriles is 1. The molecule has 0 atom stereocenters. The second kappa shape index (κ2) is 9.58. The van der Waals surface area contributed by atoms with Crippen LogP contribution in [0.4, 0.5) is 0 Å². The maximum Gasteiger partial charge on any atom is 0.263 e. The molecule has 0 fully saturated rings. The standard InChI is InChI=1S/C10H16N2O2S2/c1-14-6-4-5-12-9(13)8(7-11)10(15-2)16-3/h4-6H2,1-3H3,(H,12,13). The first kappa shape index (κ1) is 15.4. The van der Waals surface area contributed by atoms with Crippen LogP contribution < -0.4 is 5.32 Å². The number of methoxy groups -OCH3 is 1. The van der Waals surface area contributed by atoms with Crippen LogP contribution in [0.5, 0.6) is 0 Å². The monoisotopic (exact) mass is 260 g/mol. The van der Waals surface area contributed by atoms with Crippen LogP contribution in [-0.2, 0) is 9.53 Å². The minimum Gasteiger partial charge on any atom is -0.385 e. The average molecular weight is 260 g/mol. The van der Waals surface area contributed by atoms with Crippen molar-refractivity contribution in [3.8, 4) is 6.07 Å². The van der Waals surface area contributed by atoms with Crippen molar-refractivity contribution in [2.75, 3.05) is 32.8 Å². The maximum atomic E-state index is 11.6. The zero-order valence-corrected chi connectivity index (χ0v) is 11.3. The summed E-state index contributed by atoms with van der Waals surface area (Å²) in [6.07, 6.45) is 4.44. The van der Waals surface area contributed by atoms with Crippen LogP contribution in [0.3, 0.4) is 0 Å². The molecule has 0 saturated carbocycles. The Hall–Kier alpha value is -0.640. The van der Waals surface area contributed by atoms with Gasteiger partial charge in [-0.2, -0.15) is 5.26 Å². The molecule has 1 N–H and O–H groups in total. The summed E-state index contributed by atoms with van der Waals surface area (Å²) in [5.41, 5.74) is 0.192. The summed E-state index contributed by atoms with van der Waals surface area (Å²) in [7, 11) is 1.61. The van der Waals surface area contributed by atoms with E-state index >= 15 is 0 Å². The molecule has 1 amide bonds. The summed E-state index contributed by atoms with van der Waals surface area (Å²) >= 11 is 2.82. The van der Waals surface area contributed by atoms with E-state index in [1.165, 1.54) is 23.5 Å². The van der Waals surface area contributed by atoms with Gasteiger partial charge in [-0.15, -0.1) is 23.5 Å². The Morgan fingerprint density at radius 1 is 1.44 bits per heavy atom. The number of rotatable bonds is 7. The van der Waals surface area contributed by atoms with E-state index in [0.717, 1.165) is 10.7 Å². The second-order valence-corrected chi connectivity index (χ2v) is 4.68. The number of carbonyl (C=O) groups is 1. The fourth-order valence-electron chi connectivity index (χ4n) is 0.983. The first-order valence-electron chi connectivity index (χ1n) is 4.70. The third-order valence-electron chi connectivity index (χ3n) is 1.72. The largest absolute Gasteiger partial charge is 0.385 e. The summed E-state index contributed by atoms with van der Waals surface area (Å²) in [6.45, 7) is 1.12. The molecular formula is C10H16N2O2S2. The lowest BCUT2D eigenvalue weighted by Crippen LogP contribution is -2.26. The van der Waals surface area contributed by atoms with E-state index in [2.05, 4.69) is 5.32 Å². The topological polar surface area (TPSA) is 62.1 Å². The van der Waals surface area contributed by atoms with Crippen molar-refractivity contribution >= 4 is 29.4 Å². The van der Waals surface area contributed by atoms with Gasteiger partial charge in [-0.1, -0.05) is 0 Å². The summed E-state index contributed by atoms with van der Waals surface area (Å²) in [6, 6.07) is 1.94. The quantitative estimate of drug-likeness (QED) is 0.428. The molecule has 4 nitrogen and oxygen atoms in total. The number of ether oxygens (including phenoxy) is 1. The molecule has 0 bridgehead atoms. The first-order valence-corrected chi connectivity index (χ1v) is 7.15. The van der Waals surface area contributed by atoms with Gasteiger partial charge in [-0.25, -0.2) is 0 Å². The highest BCUT2D eigenvalue weighted by atomic mass is 32.2. The van der Waals surface area contributed by atoms with Gasteiger partial charge in [0.15, 0.2) is 0 Å². The highest BCUT2D eigenvalue weighted by molar-refractivity contribution is 8.21. The van der Waals surface area contributed by atoms with Crippen molar-refractivity contribution in [2.45, 2.75) is 6.42 Å². The smallest absolute Gasteiger partial charge is 0.263 e. The molecule has 6 heteroatoms. The molecule has 0 aliphatic carbocycles. The number of nitrogens with one attached hydrogen (secondary N) is 1. The van der Waals surface area contributed by atoms with Crippen LogP contribution in [0, 0.1) is 11.3 Å². The normalized spacial score (nSPS) is 9.38. The van der Waals surface area contributed by atoms with E-state index in [1.54, 1.807) is 7.11 Å². The third kappa shape index (κ3) is 5.45. The van der Waals surface area contributed by atoms with E-state index in [0.29, 0.717) is 13.2 Å². The highest BCUT2D eigenvalue weighted by Crippen LogP contribution is 2.27. The minimum absolute atomic E-state index is 0.192. The maximum absolute atomic E-state index is 11.6. The third-order valence-corrected chi connectivity index (χ3v) is 3.87. The van der Waals surface area contributed by atoms with Gasteiger partial charge in [0.25, 0.3) is 5.91 Å². The Morgan fingerprint density at radius 2 is 2.06 bits per heavy atom. The molecule has 0 spiro atoms. The second-order valence-electron chi connectivity index (χ2n) is 2.78. The molecule has 90 valence electrons. The van der Waals surface area contributed by atoms with Crippen molar-refractivity contribution in [1.82, 2.24) is 5.32 Å². The average Bonchev–Trinajstić information content (AvgIpc) is 2.31.